The third-order valence-corrected chi connectivity index (χ3v) is 12.8. The van der Waals surface area contributed by atoms with Crippen molar-refractivity contribution in [2.24, 2.45) is 45.8 Å². The molecule has 7 nitrogen and oxygen atoms in total. The number of hydrogen-bond donors (Lipinski definition) is 1. The summed E-state index contributed by atoms with van der Waals surface area (Å²) >= 11 is 0. The molecule has 0 aromatic heterocycles. The molecule has 4 heterocycles. The van der Waals surface area contributed by atoms with E-state index in [1.54, 1.807) is 6.08 Å². The monoisotopic (exact) mass is 511 g/mol. The van der Waals surface area contributed by atoms with E-state index >= 15 is 0 Å². The van der Waals surface area contributed by atoms with E-state index in [-0.39, 0.29) is 36.0 Å². The fourth-order valence-electron chi connectivity index (χ4n) is 11.3. The molecule has 3 aliphatic carbocycles. The topological polar surface area (TPSA) is 93.1 Å². The Labute approximate surface area is 219 Å². The smallest absolute Gasteiger partial charge is 0.308 e. The zero-order valence-corrected chi connectivity index (χ0v) is 23.0. The molecule has 0 aromatic rings. The molecule has 4 saturated heterocycles. The van der Waals surface area contributed by atoms with Crippen LogP contribution >= 0.6 is 0 Å². The van der Waals surface area contributed by atoms with Gasteiger partial charge in [-0.2, -0.15) is 0 Å². The van der Waals surface area contributed by atoms with Crippen molar-refractivity contribution in [1.82, 2.24) is 4.90 Å². The van der Waals surface area contributed by atoms with Gasteiger partial charge in [0.2, 0.25) is 5.72 Å². The minimum atomic E-state index is -1.30. The SMILES string of the molecule is CC1=CC(=O)C2C(C)C(=O)C3C(C)(C2C1)C(O)C12OC(=O)CC3(C)C1(C)CCC13CC(C)CC(CN12)O3. The molecule has 12 unspecified atom stereocenters. The first-order valence-electron chi connectivity index (χ1n) is 14.4. The lowest BCUT2D eigenvalue weighted by molar-refractivity contribution is -0.412. The van der Waals surface area contributed by atoms with Crippen LogP contribution in [0.1, 0.15) is 80.1 Å². The largest absolute Gasteiger partial charge is 0.440 e. The highest BCUT2D eigenvalue weighted by Crippen LogP contribution is 2.78. The Balaban J connectivity index is 1.49. The van der Waals surface area contributed by atoms with Crippen molar-refractivity contribution in [1.29, 1.82) is 0 Å². The van der Waals surface area contributed by atoms with E-state index in [1.165, 1.54) is 0 Å². The van der Waals surface area contributed by atoms with E-state index in [0.29, 0.717) is 25.3 Å². The molecular weight excluding hydrogens is 470 g/mol. The first kappa shape index (κ1) is 24.5. The third-order valence-electron chi connectivity index (χ3n) is 12.8. The summed E-state index contributed by atoms with van der Waals surface area (Å²) in [6.07, 6.45) is 4.72. The Morgan fingerprint density at radius 3 is 2.57 bits per heavy atom. The molecule has 6 fully saturated rings. The summed E-state index contributed by atoms with van der Waals surface area (Å²) in [6, 6.07) is 0. The molecule has 2 saturated carbocycles. The average Bonchev–Trinajstić information content (AvgIpc) is 3.08. The molecule has 12 atom stereocenters. The molecule has 4 aliphatic heterocycles. The standard InChI is InChI=1S/C30H41NO6/c1-15-10-19-22(20(32)11-15)17(3)23(34)24-26(4)13-21(33)37-30(25(35)28(19,24)6)27(26,5)7-8-29-12-16(2)9-18(36-29)14-31(29)30/h11,16-19,22,24-25,35H,7-10,12-14H2,1-6H3. The van der Waals surface area contributed by atoms with Crippen LogP contribution in [0.4, 0.5) is 0 Å². The number of nitrogens with zero attached hydrogens (tertiary/aromatic N) is 1. The van der Waals surface area contributed by atoms with Crippen molar-refractivity contribution in [3.05, 3.63) is 11.6 Å². The molecule has 0 amide bonds. The Bertz CT molecular complexity index is 1160. The van der Waals surface area contributed by atoms with Crippen molar-refractivity contribution < 1.29 is 29.0 Å². The van der Waals surface area contributed by atoms with Crippen LogP contribution in [0.25, 0.3) is 0 Å². The van der Waals surface area contributed by atoms with E-state index in [9.17, 15) is 19.5 Å². The minimum absolute atomic E-state index is 0.00563. The number of Topliss-reactive ketones (excluding diaryl/α,β-unsaturated/α-hetero) is 1. The summed E-state index contributed by atoms with van der Waals surface area (Å²) in [5.74, 6) is -1.48. The number of piperidine rings is 1. The van der Waals surface area contributed by atoms with E-state index in [2.05, 4.69) is 25.7 Å². The maximum atomic E-state index is 14.4. The lowest BCUT2D eigenvalue weighted by atomic mass is 9.32. The van der Waals surface area contributed by atoms with Crippen LogP contribution in [0, 0.1) is 45.8 Å². The van der Waals surface area contributed by atoms with Crippen LogP contribution in [0.2, 0.25) is 0 Å². The lowest BCUT2D eigenvalue weighted by Crippen LogP contribution is -2.88. The number of esters is 1. The van der Waals surface area contributed by atoms with E-state index in [0.717, 1.165) is 24.8 Å². The van der Waals surface area contributed by atoms with Crippen molar-refractivity contribution in [2.75, 3.05) is 6.54 Å². The summed E-state index contributed by atoms with van der Waals surface area (Å²) < 4.78 is 13.2. The van der Waals surface area contributed by atoms with Crippen LogP contribution < -0.4 is 0 Å². The van der Waals surface area contributed by atoms with Gasteiger partial charge in [0, 0.05) is 35.1 Å². The summed E-state index contributed by atoms with van der Waals surface area (Å²) in [4.78, 5) is 43.6. The number of rotatable bonds is 0. The van der Waals surface area contributed by atoms with Gasteiger partial charge >= 0.3 is 5.97 Å². The minimum Gasteiger partial charge on any atom is -0.440 e. The number of carbonyl (C=O) groups excluding carboxylic acids is 3. The number of ether oxygens (including phenoxy) is 2. The number of hydrogen-bond acceptors (Lipinski definition) is 7. The van der Waals surface area contributed by atoms with Gasteiger partial charge in [0.15, 0.2) is 5.78 Å². The summed E-state index contributed by atoms with van der Waals surface area (Å²) in [6.45, 7) is 13.0. The van der Waals surface area contributed by atoms with Gasteiger partial charge < -0.3 is 14.6 Å². The van der Waals surface area contributed by atoms with Gasteiger partial charge in [0.05, 0.1) is 12.5 Å². The molecule has 202 valence electrons. The highest BCUT2D eigenvalue weighted by Gasteiger charge is 2.86. The number of carbonyl (C=O) groups is 3. The number of fused-ring (bicyclic) bond motifs is 5. The van der Waals surface area contributed by atoms with E-state index < -0.39 is 51.6 Å². The molecule has 7 aliphatic rings. The fourth-order valence-corrected chi connectivity index (χ4v) is 11.3. The quantitative estimate of drug-likeness (QED) is 0.497. The van der Waals surface area contributed by atoms with Crippen LogP contribution in [-0.4, -0.2) is 57.7 Å². The molecule has 0 aromatic carbocycles. The van der Waals surface area contributed by atoms with Gasteiger partial charge in [-0.25, -0.2) is 4.90 Å². The first-order chi connectivity index (χ1) is 17.2. The predicted molar refractivity (Wildman–Crippen MR) is 134 cm³/mol. The van der Waals surface area contributed by atoms with Gasteiger partial charge in [-0.3, -0.25) is 14.4 Å². The molecule has 7 rings (SSSR count). The highest BCUT2D eigenvalue weighted by molar-refractivity contribution is 6.00. The van der Waals surface area contributed by atoms with E-state index in [1.807, 2.05) is 20.8 Å². The fraction of sp³-hybridized carbons (Fsp3) is 0.833. The predicted octanol–water partition coefficient (Wildman–Crippen LogP) is 3.63. The van der Waals surface area contributed by atoms with Crippen LogP contribution in [0.15, 0.2) is 11.6 Å². The number of ketones is 2. The van der Waals surface area contributed by atoms with Gasteiger partial charge in [0.25, 0.3) is 0 Å². The van der Waals surface area contributed by atoms with Gasteiger partial charge in [-0.15, -0.1) is 0 Å². The molecular formula is C30H41NO6. The molecule has 0 radical (unpaired) electrons. The Kier molecular flexibility index (Phi) is 4.59. The molecule has 37 heavy (non-hydrogen) atoms. The van der Waals surface area contributed by atoms with Crippen LogP contribution in [-0.2, 0) is 23.9 Å². The number of aliphatic hydroxyl groups is 1. The Morgan fingerprint density at radius 2 is 1.84 bits per heavy atom. The third kappa shape index (κ3) is 2.46. The average molecular weight is 512 g/mol. The second-order valence-corrected chi connectivity index (χ2v) is 14.6. The Morgan fingerprint density at radius 1 is 1.11 bits per heavy atom. The molecule has 7 heteroatoms. The first-order valence-corrected chi connectivity index (χ1v) is 14.4. The van der Waals surface area contributed by atoms with Crippen molar-refractivity contribution in [2.45, 2.75) is 104 Å². The van der Waals surface area contributed by atoms with Crippen LogP contribution in [0.3, 0.4) is 0 Å². The normalized spacial score (nSPS) is 58.5. The second kappa shape index (κ2) is 6.95. The zero-order chi connectivity index (χ0) is 26.5. The summed E-state index contributed by atoms with van der Waals surface area (Å²) in [5.41, 5.74) is -3.16. The molecule has 4 bridgehead atoms. The lowest BCUT2D eigenvalue weighted by Gasteiger charge is -2.78. The van der Waals surface area contributed by atoms with Crippen molar-refractivity contribution in [3.8, 4) is 0 Å². The summed E-state index contributed by atoms with van der Waals surface area (Å²) in [7, 11) is 0. The molecule has 1 spiro atoms. The van der Waals surface area contributed by atoms with Crippen molar-refractivity contribution >= 4 is 17.5 Å². The zero-order valence-electron chi connectivity index (χ0n) is 23.0. The van der Waals surface area contributed by atoms with Gasteiger partial charge in [-0.05, 0) is 62.4 Å². The number of allylic oxidation sites excluding steroid dienone is 2. The number of aliphatic hydroxyl groups excluding tert-OH is 1. The Hall–Kier alpha value is -1.57. The van der Waals surface area contributed by atoms with Gasteiger partial charge in [0.1, 0.15) is 17.6 Å². The van der Waals surface area contributed by atoms with Crippen LogP contribution in [0.5, 0.6) is 0 Å². The van der Waals surface area contributed by atoms with Gasteiger partial charge in [-0.1, -0.05) is 40.2 Å². The highest BCUT2D eigenvalue weighted by atomic mass is 16.6. The molecule has 1 N–H and O–H groups in total. The van der Waals surface area contributed by atoms with Crippen molar-refractivity contribution in [3.63, 3.8) is 0 Å². The second-order valence-electron chi connectivity index (χ2n) is 14.6. The maximum absolute atomic E-state index is 14.4. The maximum Gasteiger partial charge on any atom is 0.308 e. The van der Waals surface area contributed by atoms with E-state index in [4.69, 9.17) is 9.47 Å². The summed E-state index contributed by atoms with van der Waals surface area (Å²) in [5, 5.41) is 12.8.